The van der Waals surface area contributed by atoms with Crippen LogP contribution < -0.4 is 14.8 Å². The van der Waals surface area contributed by atoms with E-state index < -0.39 is 5.82 Å². The molecule has 2 N–H and O–H groups in total. The van der Waals surface area contributed by atoms with E-state index in [1.54, 1.807) is 25.3 Å². The Morgan fingerprint density at radius 2 is 1.81 bits per heavy atom. The van der Waals surface area contributed by atoms with E-state index in [9.17, 15) is 4.39 Å². The first-order chi connectivity index (χ1) is 13.0. The largest absolute Gasteiger partial charge is 0.493 e. The van der Waals surface area contributed by atoms with Crippen LogP contribution in [-0.4, -0.2) is 38.6 Å². The molecule has 0 radical (unpaired) electrons. The molecule has 5 nitrogen and oxygen atoms in total. The van der Waals surface area contributed by atoms with Gasteiger partial charge in [0, 0.05) is 29.7 Å². The molecule has 0 saturated heterocycles. The van der Waals surface area contributed by atoms with Gasteiger partial charge in [-0.05, 0) is 23.8 Å². The second kappa shape index (κ2) is 11.3. The second-order valence-corrected chi connectivity index (χ2v) is 6.45. The molecule has 0 amide bonds. The molecule has 0 fully saturated rings. The van der Waals surface area contributed by atoms with Crippen LogP contribution in [0.25, 0.3) is 0 Å². The topological polar surface area (TPSA) is 60.0 Å². The highest BCUT2D eigenvalue weighted by Crippen LogP contribution is 2.34. The van der Waals surface area contributed by atoms with Gasteiger partial charge in [0.1, 0.15) is 12.4 Å². The molecule has 0 aliphatic rings. The van der Waals surface area contributed by atoms with Gasteiger partial charge >= 0.3 is 0 Å². The van der Waals surface area contributed by atoms with E-state index in [2.05, 4.69) is 5.32 Å². The monoisotopic (exact) mass is 417 g/mol. The van der Waals surface area contributed by atoms with E-state index in [4.69, 9.17) is 42.5 Å². The van der Waals surface area contributed by atoms with Crippen LogP contribution in [-0.2, 0) is 17.9 Å². The molecule has 0 spiro atoms. The van der Waals surface area contributed by atoms with Crippen LogP contribution in [0.15, 0.2) is 30.3 Å². The second-order valence-electron chi connectivity index (χ2n) is 5.63. The number of methoxy groups -OCH3 is 1. The molecule has 148 valence electrons. The third kappa shape index (κ3) is 6.83. The van der Waals surface area contributed by atoms with E-state index in [1.165, 1.54) is 12.1 Å². The highest BCUT2D eigenvalue weighted by atomic mass is 35.5. The molecule has 0 unspecified atom stereocenters. The van der Waals surface area contributed by atoms with Crippen molar-refractivity contribution < 1.29 is 23.7 Å². The fourth-order valence-corrected chi connectivity index (χ4v) is 2.76. The molecule has 2 rings (SSSR count). The lowest BCUT2D eigenvalue weighted by molar-refractivity contribution is 0.0938. The van der Waals surface area contributed by atoms with Crippen LogP contribution >= 0.6 is 23.2 Å². The fraction of sp³-hybridized carbons (Fsp3) is 0.368. The van der Waals surface area contributed by atoms with Gasteiger partial charge in [-0.1, -0.05) is 29.3 Å². The summed E-state index contributed by atoms with van der Waals surface area (Å²) < 4.78 is 29.5. The van der Waals surface area contributed by atoms with E-state index >= 15 is 0 Å². The summed E-state index contributed by atoms with van der Waals surface area (Å²) >= 11 is 12.4. The van der Waals surface area contributed by atoms with Crippen molar-refractivity contribution in [3.63, 3.8) is 0 Å². The lowest BCUT2D eigenvalue weighted by Gasteiger charge is -2.15. The third-order valence-electron chi connectivity index (χ3n) is 3.71. The normalized spacial score (nSPS) is 10.9. The van der Waals surface area contributed by atoms with Crippen molar-refractivity contribution in [2.24, 2.45) is 0 Å². The summed E-state index contributed by atoms with van der Waals surface area (Å²) in [7, 11) is 1.54. The Morgan fingerprint density at radius 1 is 1.04 bits per heavy atom. The van der Waals surface area contributed by atoms with E-state index in [0.29, 0.717) is 53.4 Å². The Labute approximate surface area is 167 Å². The predicted octanol–water partition coefficient (Wildman–Crippen LogP) is 3.82. The molecular formula is C19H22Cl2FNO4. The smallest absolute Gasteiger partial charge is 0.163 e. The fourth-order valence-electron chi connectivity index (χ4n) is 2.31. The summed E-state index contributed by atoms with van der Waals surface area (Å²) in [6.07, 6.45) is 0. The molecule has 0 aliphatic carbocycles. The van der Waals surface area contributed by atoms with Crippen molar-refractivity contribution >= 4 is 23.2 Å². The highest BCUT2D eigenvalue weighted by molar-refractivity contribution is 6.31. The molecule has 8 heteroatoms. The standard InChI is InChI=1S/C19H22Cl2FNO4/c1-25-18-8-14(11-23-4-6-26-7-5-24)17(21)10-19(18)27-12-13-2-3-15(22)9-16(13)20/h2-3,8-10,23-24H,4-7,11-12H2,1H3. The summed E-state index contributed by atoms with van der Waals surface area (Å²) in [6, 6.07) is 7.61. The Hall–Kier alpha value is -1.57. The lowest BCUT2D eigenvalue weighted by Crippen LogP contribution is -2.20. The van der Waals surface area contributed by atoms with Gasteiger partial charge in [-0.15, -0.1) is 0 Å². The number of hydrogen-bond donors (Lipinski definition) is 2. The van der Waals surface area contributed by atoms with Crippen LogP contribution in [0.5, 0.6) is 11.5 Å². The van der Waals surface area contributed by atoms with Crippen molar-refractivity contribution in [3.8, 4) is 11.5 Å². The predicted molar refractivity (Wildman–Crippen MR) is 103 cm³/mol. The number of aliphatic hydroxyl groups is 1. The van der Waals surface area contributed by atoms with Crippen molar-refractivity contribution in [2.45, 2.75) is 13.2 Å². The molecule has 2 aromatic carbocycles. The summed E-state index contributed by atoms with van der Waals surface area (Å²) in [6.45, 7) is 2.14. The van der Waals surface area contributed by atoms with E-state index in [0.717, 1.165) is 5.56 Å². The number of rotatable bonds is 11. The van der Waals surface area contributed by atoms with Crippen LogP contribution in [0.1, 0.15) is 11.1 Å². The zero-order valence-electron chi connectivity index (χ0n) is 14.9. The lowest BCUT2D eigenvalue weighted by atomic mass is 10.2. The van der Waals surface area contributed by atoms with Crippen LogP contribution in [0.2, 0.25) is 10.0 Å². The summed E-state index contributed by atoms with van der Waals surface area (Å²) in [5.41, 5.74) is 1.51. The van der Waals surface area contributed by atoms with Gasteiger partial charge in [0.2, 0.25) is 0 Å². The van der Waals surface area contributed by atoms with Crippen molar-refractivity contribution in [1.82, 2.24) is 5.32 Å². The Morgan fingerprint density at radius 3 is 2.52 bits per heavy atom. The molecule has 0 heterocycles. The maximum Gasteiger partial charge on any atom is 0.163 e. The van der Waals surface area contributed by atoms with Crippen molar-refractivity contribution in [3.05, 3.63) is 57.3 Å². The average molecular weight is 418 g/mol. The van der Waals surface area contributed by atoms with Gasteiger partial charge in [0.25, 0.3) is 0 Å². The van der Waals surface area contributed by atoms with Gasteiger partial charge < -0.3 is 24.6 Å². The first-order valence-corrected chi connectivity index (χ1v) is 9.13. The first-order valence-electron chi connectivity index (χ1n) is 8.37. The Kier molecular flexibility index (Phi) is 9.10. The summed E-state index contributed by atoms with van der Waals surface area (Å²) in [5, 5.41) is 12.7. The zero-order chi connectivity index (χ0) is 19.6. The maximum atomic E-state index is 13.1. The molecule has 0 aliphatic heterocycles. The molecular weight excluding hydrogens is 396 g/mol. The van der Waals surface area contributed by atoms with Crippen molar-refractivity contribution in [2.75, 3.05) is 33.5 Å². The molecule has 0 saturated carbocycles. The molecule has 2 aromatic rings. The number of benzene rings is 2. The maximum absolute atomic E-state index is 13.1. The number of halogens is 3. The number of nitrogens with one attached hydrogen (secondary N) is 1. The third-order valence-corrected chi connectivity index (χ3v) is 4.41. The molecule has 0 aromatic heterocycles. The Balaban J connectivity index is 1.98. The van der Waals surface area contributed by atoms with E-state index in [-0.39, 0.29) is 13.2 Å². The van der Waals surface area contributed by atoms with Crippen molar-refractivity contribution in [1.29, 1.82) is 0 Å². The van der Waals surface area contributed by atoms with Crippen LogP contribution in [0, 0.1) is 5.82 Å². The van der Waals surface area contributed by atoms with E-state index in [1.807, 2.05) is 0 Å². The number of ether oxygens (including phenoxy) is 3. The molecule has 0 atom stereocenters. The Bertz CT molecular complexity index is 746. The number of aliphatic hydroxyl groups excluding tert-OH is 1. The summed E-state index contributed by atoms with van der Waals surface area (Å²) in [5.74, 6) is 0.604. The van der Waals surface area contributed by atoms with Gasteiger partial charge in [0.15, 0.2) is 11.5 Å². The summed E-state index contributed by atoms with van der Waals surface area (Å²) in [4.78, 5) is 0. The quantitative estimate of drug-likeness (QED) is 0.544. The van der Waals surface area contributed by atoms with Crippen LogP contribution in [0.3, 0.4) is 0 Å². The van der Waals surface area contributed by atoms with Crippen LogP contribution in [0.4, 0.5) is 4.39 Å². The van der Waals surface area contributed by atoms with Gasteiger partial charge in [-0.3, -0.25) is 0 Å². The minimum atomic E-state index is -0.400. The highest BCUT2D eigenvalue weighted by Gasteiger charge is 2.12. The van der Waals surface area contributed by atoms with Gasteiger partial charge in [0.05, 0.1) is 32.0 Å². The van der Waals surface area contributed by atoms with Gasteiger partial charge in [-0.2, -0.15) is 0 Å². The molecule has 0 bridgehead atoms. The minimum absolute atomic E-state index is 0.00756. The number of hydrogen-bond acceptors (Lipinski definition) is 5. The first kappa shape index (κ1) is 21.7. The average Bonchev–Trinajstić information content (AvgIpc) is 2.65. The zero-order valence-corrected chi connectivity index (χ0v) is 16.4. The molecule has 27 heavy (non-hydrogen) atoms. The minimum Gasteiger partial charge on any atom is -0.493 e. The van der Waals surface area contributed by atoms with Gasteiger partial charge in [-0.25, -0.2) is 4.39 Å². The SMILES string of the molecule is COc1cc(CNCCOCCO)c(Cl)cc1OCc1ccc(F)cc1Cl.